The fraction of sp³-hybridized carbons (Fsp3) is 0.412. The molecular weight excluding hydrogens is 304 g/mol. The van der Waals surface area contributed by atoms with Crippen LogP contribution in [0, 0.1) is 11.8 Å². The van der Waals surface area contributed by atoms with Gasteiger partial charge in [-0.1, -0.05) is 28.5 Å². The fourth-order valence-corrected chi connectivity index (χ4v) is 3.64. The highest BCUT2D eigenvalue weighted by atomic mass is 16.4. The molecule has 2 aliphatic carbocycles. The molecule has 1 N–H and O–H groups in total. The van der Waals surface area contributed by atoms with Crippen molar-refractivity contribution in [1.82, 2.24) is 25.2 Å². The fourth-order valence-electron chi connectivity index (χ4n) is 3.64. The second kappa shape index (κ2) is 5.43. The van der Waals surface area contributed by atoms with E-state index in [4.69, 9.17) is 4.42 Å². The van der Waals surface area contributed by atoms with Crippen LogP contribution < -0.4 is 5.32 Å². The van der Waals surface area contributed by atoms with Gasteiger partial charge < -0.3 is 9.73 Å². The van der Waals surface area contributed by atoms with E-state index < -0.39 is 0 Å². The Bertz CT molecular complexity index is 832. The van der Waals surface area contributed by atoms with Crippen molar-refractivity contribution in [2.75, 3.05) is 5.32 Å². The number of rotatable bonds is 5. The molecule has 2 fully saturated rings. The average molecular weight is 322 g/mol. The van der Waals surface area contributed by atoms with Gasteiger partial charge in [0.1, 0.15) is 5.69 Å². The van der Waals surface area contributed by atoms with Crippen LogP contribution in [-0.2, 0) is 6.54 Å². The van der Waals surface area contributed by atoms with E-state index in [9.17, 15) is 0 Å². The van der Waals surface area contributed by atoms with E-state index >= 15 is 0 Å². The van der Waals surface area contributed by atoms with Gasteiger partial charge in [-0.2, -0.15) is 0 Å². The number of aromatic nitrogens is 5. The van der Waals surface area contributed by atoms with Crippen molar-refractivity contribution in [2.45, 2.75) is 31.7 Å². The number of hydrogen-bond donors (Lipinski definition) is 1. The van der Waals surface area contributed by atoms with Gasteiger partial charge >= 0.3 is 6.01 Å². The Morgan fingerprint density at radius 3 is 2.71 bits per heavy atom. The minimum absolute atomic E-state index is 0.454. The monoisotopic (exact) mass is 322 g/mol. The Labute approximate surface area is 139 Å². The maximum atomic E-state index is 5.76. The predicted molar refractivity (Wildman–Crippen MR) is 86.6 cm³/mol. The predicted octanol–water partition coefficient (Wildman–Crippen LogP) is 2.78. The molecule has 0 radical (unpaired) electrons. The van der Waals surface area contributed by atoms with Gasteiger partial charge in [-0.05, 0) is 43.2 Å². The lowest BCUT2D eigenvalue weighted by Gasteiger charge is -2.04. The standard InChI is InChI=1S/C17H18N6O/c1-2-4-15(5-3-1)23-10-14(19-22-23)9-18-17-21-20-16(24-17)13-7-11-6-12(11)8-13/h1-5,10-13H,6-9H2,(H,18,21). The normalized spacial score (nSPS) is 24.8. The van der Waals surface area contributed by atoms with E-state index in [2.05, 4.69) is 25.8 Å². The molecule has 2 saturated carbocycles. The molecule has 122 valence electrons. The van der Waals surface area contributed by atoms with Gasteiger partial charge in [0.15, 0.2) is 0 Å². The Kier molecular flexibility index (Phi) is 3.11. The SMILES string of the molecule is c1ccc(-n2cc(CNc3nnc(C4CC5CC5C4)o3)nn2)cc1. The minimum Gasteiger partial charge on any atom is -0.408 e. The second-order valence-corrected chi connectivity index (χ2v) is 6.71. The summed E-state index contributed by atoms with van der Waals surface area (Å²) in [5.74, 6) is 3.05. The number of benzene rings is 1. The third-order valence-corrected chi connectivity index (χ3v) is 5.02. The molecule has 7 nitrogen and oxygen atoms in total. The molecule has 0 bridgehead atoms. The van der Waals surface area contributed by atoms with Crippen LogP contribution in [-0.4, -0.2) is 25.2 Å². The first kappa shape index (κ1) is 13.7. The van der Waals surface area contributed by atoms with Crippen LogP contribution in [0.1, 0.15) is 36.8 Å². The number of nitrogens with zero attached hydrogens (tertiary/aromatic N) is 5. The van der Waals surface area contributed by atoms with Crippen LogP contribution in [0.15, 0.2) is 40.9 Å². The summed E-state index contributed by atoms with van der Waals surface area (Å²) in [6.07, 6.45) is 5.70. The molecule has 2 atom stereocenters. The Morgan fingerprint density at radius 1 is 1.04 bits per heavy atom. The molecule has 7 heteroatoms. The minimum atomic E-state index is 0.454. The van der Waals surface area contributed by atoms with Gasteiger partial charge in [0, 0.05) is 5.92 Å². The second-order valence-electron chi connectivity index (χ2n) is 6.71. The third-order valence-electron chi connectivity index (χ3n) is 5.02. The third kappa shape index (κ3) is 2.55. The number of fused-ring (bicyclic) bond motifs is 1. The zero-order valence-corrected chi connectivity index (χ0v) is 13.2. The quantitative estimate of drug-likeness (QED) is 0.778. The highest BCUT2D eigenvalue weighted by Crippen LogP contribution is 2.57. The van der Waals surface area contributed by atoms with Gasteiger partial charge in [-0.3, -0.25) is 0 Å². The van der Waals surface area contributed by atoms with Gasteiger partial charge in [0.2, 0.25) is 5.89 Å². The molecule has 0 saturated heterocycles. The first-order chi connectivity index (χ1) is 11.8. The molecule has 0 amide bonds. The van der Waals surface area contributed by atoms with Gasteiger partial charge in [0.25, 0.3) is 0 Å². The Morgan fingerprint density at radius 2 is 1.88 bits per heavy atom. The zero-order valence-electron chi connectivity index (χ0n) is 13.2. The van der Waals surface area contributed by atoms with E-state index in [-0.39, 0.29) is 0 Å². The van der Waals surface area contributed by atoms with E-state index in [1.807, 2.05) is 36.5 Å². The lowest BCUT2D eigenvalue weighted by atomic mass is 10.0. The summed E-state index contributed by atoms with van der Waals surface area (Å²) >= 11 is 0. The molecule has 2 aromatic heterocycles. The molecule has 0 aliphatic heterocycles. The first-order valence-electron chi connectivity index (χ1n) is 8.39. The number of hydrogen-bond acceptors (Lipinski definition) is 6. The Hall–Kier alpha value is -2.70. The summed E-state index contributed by atoms with van der Waals surface area (Å²) in [5.41, 5.74) is 1.80. The number of nitrogens with one attached hydrogen (secondary N) is 1. The summed E-state index contributed by atoms with van der Waals surface area (Å²) < 4.78 is 7.51. The van der Waals surface area contributed by atoms with Crippen molar-refractivity contribution < 1.29 is 4.42 Å². The van der Waals surface area contributed by atoms with Crippen molar-refractivity contribution in [1.29, 1.82) is 0 Å². The summed E-state index contributed by atoms with van der Waals surface area (Å²) in [4.78, 5) is 0. The number of anilines is 1. The van der Waals surface area contributed by atoms with Crippen molar-refractivity contribution in [2.24, 2.45) is 11.8 Å². The van der Waals surface area contributed by atoms with Crippen molar-refractivity contribution >= 4 is 6.01 Å². The van der Waals surface area contributed by atoms with Crippen LogP contribution in [0.25, 0.3) is 5.69 Å². The molecule has 2 unspecified atom stereocenters. The van der Waals surface area contributed by atoms with Gasteiger partial charge in [-0.25, -0.2) is 4.68 Å². The van der Waals surface area contributed by atoms with Gasteiger partial charge in [-0.15, -0.1) is 10.2 Å². The maximum absolute atomic E-state index is 5.76. The van der Waals surface area contributed by atoms with Crippen LogP contribution in [0.4, 0.5) is 6.01 Å². The molecule has 0 spiro atoms. The smallest absolute Gasteiger partial charge is 0.315 e. The van der Waals surface area contributed by atoms with Crippen molar-refractivity contribution in [3.8, 4) is 5.69 Å². The topological polar surface area (TPSA) is 81.7 Å². The van der Waals surface area contributed by atoms with Crippen LogP contribution >= 0.6 is 0 Å². The largest absolute Gasteiger partial charge is 0.408 e. The van der Waals surface area contributed by atoms with E-state index in [0.717, 1.165) is 29.1 Å². The molecule has 2 aliphatic rings. The van der Waals surface area contributed by atoms with Crippen molar-refractivity contribution in [3.05, 3.63) is 48.1 Å². The molecular formula is C17H18N6O. The Balaban J connectivity index is 1.22. The highest BCUT2D eigenvalue weighted by Gasteiger charge is 2.47. The lowest BCUT2D eigenvalue weighted by molar-refractivity contribution is 0.437. The van der Waals surface area contributed by atoms with Crippen molar-refractivity contribution in [3.63, 3.8) is 0 Å². The molecule has 24 heavy (non-hydrogen) atoms. The average Bonchev–Trinajstić information content (AvgIpc) is 3.09. The first-order valence-corrected chi connectivity index (χ1v) is 8.39. The summed E-state index contributed by atoms with van der Waals surface area (Å²) in [6.45, 7) is 0.504. The molecule has 5 rings (SSSR count). The summed E-state index contributed by atoms with van der Waals surface area (Å²) in [6, 6.07) is 10.4. The maximum Gasteiger partial charge on any atom is 0.315 e. The lowest BCUT2D eigenvalue weighted by Crippen LogP contribution is -2.00. The molecule has 3 aromatic rings. The summed E-state index contributed by atoms with van der Waals surface area (Å²) in [7, 11) is 0. The van der Waals surface area contributed by atoms with E-state index in [1.54, 1.807) is 4.68 Å². The summed E-state index contributed by atoms with van der Waals surface area (Å²) in [5, 5.41) is 19.7. The highest BCUT2D eigenvalue weighted by molar-refractivity contribution is 5.30. The van der Waals surface area contributed by atoms with E-state index in [1.165, 1.54) is 19.3 Å². The zero-order chi connectivity index (χ0) is 15.9. The van der Waals surface area contributed by atoms with Gasteiger partial charge in [0.05, 0.1) is 18.4 Å². The molecule has 2 heterocycles. The van der Waals surface area contributed by atoms with Crippen LogP contribution in [0.3, 0.4) is 0 Å². The van der Waals surface area contributed by atoms with Crippen LogP contribution in [0.2, 0.25) is 0 Å². The van der Waals surface area contributed by atoms with Crippen LogP contribution in [0.5, 0.6) is 0 Å². The molecule has 1 aromatic carbocycles. The van der Waals surface area contributed by atoms with E-state index in [0.29, 0.717) is 18.5 Å². The number of para-hydroxylation sites is 1.